The topological polar surface area (TPSA) is 46.2 Å². The molecule has 0 amide bonds. The molecule has 1 N–H and O–H groups in total. The Labute approximate surface area is 115 Å². The number of nitrogens with one attached hydrogen (secondary N) is 1. The van der Waals surface area contributed by atoms with E-state index < -0.39 is 9.84 Å². The van der Waals surface area contributed by atoms with Gasteiger partial charge in [0.1, 0.15) is 0 Å². The van der Waals surface area contributed by atoms with Gasteiger partial charge in [0.25, 0.3) is 0 Å². The summed E-state index contributed by atoms with van der Waals surface area (Å²) in [5, 5.41) is 3.42. The van der Waals surface area contributed by atoms with E-state index in [0.29, 0.717) is 5.75 Å². The third kappa shape index (κ3) is 3.18. The SMILES string of the molecule is CC1(NCc2ccc(C3CC3)cc2)CCS(=O)(=O)C1. The van der Waals surface area contributed by atoms with Crippen molar-refractivity contribution in [2.75, 3.05) is 11.5 Å². The Balaban J connectivity index is 1.59. The molecule has 104 valence electrons. The Hall–Kier alpha value is -0.870. The van der Waals surface area contributed by atoms with Crippen molar-refractivity contribution in [2.45, 2.75) is 44.2 Å². The fraction of sp³-hybridized carbons (Fsp3) is 0.600. The lowest BCUT2D eigenvalue weighted by Crippen LogP contribution is -2.42. The first-order chi connectivity index (χ1) is 8.96. The molecule has 1 saturated heterocycles. The van der Waals surface area contributed by atoms with Gasteiger partial charge in [-0.05, 0) is 43.2 Å². The average molecular weight is 279 g/mol. The van der Waals surface area contributed by atoms with Crippen molar-refractivity contribution >= 4 is 9.84 Å². The summed E-state index contributed by atoms with van der Waals surface area (Å²) in [7, 11) is -2.83. The first-order valence-corrected chi connectivity index (χ1v) is 8.82. The van der Waals surface area contributed by atoms with Gasteiger partial charge >= 0.3 is 0 Å². The molecular weight excluding hydrogens is 258 g/mol. The molecule has 3 nitrogen and oxygen atoms in total. The van der Waals surface area contributed by atoms with Gasteiger partial charge in [0.15, 0.2) is 9.84 Å². The summed E-state index contributed by atoms with van der Waals surface area (Å²) < 4.78 is 23.1. The molecule has 0 radical (unpaired) electrons. The fourth-order valence-corrected chi connectivity index (χ4v) is 4.91. The largest absolute Gasteiger partial charge is 0.306 e. The minimum absolute atomic E-state index is 0.256. The van der Waals surface area contributed by atoms with E-state index in [1.807, 2.05) is 6.92 Å². The number of hydrogen-bond donors (Lipinski definition) is 1. The van der Waals surface area contributed by atoms with Crippen LogP contribution in [0.3, 0.4) is 0 Å². The number of sulfone groups is 1. The lowest BCUT2D eigenvalue weighted by Gasteiger charge is -2.24. The van der Waals surface area contributed by atoms with Crippen LogP contribution in [0.15, 0.2) is 24.3 Å². The molecule has 4 heteroatoms. The van der Waals surface area contributed by atoms with Crippen LogP contribution >= 0.6 is 0 Å². The molecule has 1 unspecified atom stereocenters. The zero-order valence-corrected chi connectivity index (χ0v) is 12.2. The maximum Gasteiger partial charge on any atom is 0.152 e. The van der Waals surface area contributed by atoms with Crippen LogP contribution in [0.4, 0.5) is 0 Å². The molecule has 1 aliphatic carbocycles. The molecule has 1 heterocycles. The predicted octanol–water partition coefficient (Wildman–Crippen LogP) is 2.23. The van der Waals surface area contributed by atoms with E-state index in [1.54, 1.807) is 0 Å². The summed E-state index contributed by atoms with van der Waals surface area (Å²) in [6, 6.07) is 8.74. The van der Waals surface area contributed by atoms with Crippen LogP contribution in [0.2, 0.25) is 0 Å². The van der Waals surface area contributed by atoms with E-state index in [9.17, 15) is 8.42 Å². The molecule has 1 saturated carbocycles. The quantitative estimate of drug-likeness (QED) is 0.919. The zero-order valence-electron chi connectivity index (χ0n) is 11.4. The minimum atomic E-state index is -2.83. The Bertz CT molecular complexity index is 560. The second-order valence-corrected chi connectivity index (χ2v) is 8.46. The van der Waals surface area contributed by atoms with Crippen molar-refractivity contribution < 1.29 is 8.42 Å². The second-order valence-electron chi connectivity index (χ2n) is 6.27. The smallest absolute Gasteiger partial charge is 0.152 e. The lowest BCUT2D eigenvalue weighted by atomic mass is 10.0. The third-order valence-electron chi connectivity index (χ3n) is 4.25. The van der Waals surface area contributed by atoms with E-state index in [-0.39, 0.29) is 11.3 Å². The molecule has 2 fully saturated rings. The van der Waals surface area contributed by atoms with Gasteiger partial charge in [-0.1, -0.05) is 24.3 Å². The summed E-state index contributed by atoms with van der Waals surface area (Å²) in [6.07, 6.45) is 3.37. The van der Waals surface area contributed by atoms with Gasteiger partial charge < -0.3 is 5.32 Å². The highest BCUT2D eigenvalue weighted by Crippen LogP contribution is 2.39. The van der Waals surface area contributed by atoms with Crippen LogP contribution in [0, 0.1) is 0 Å². The van der Waals surface area contributed by atoms with Crippen molar-refractivity contribution in [1.29, 1.82) is 0 Å². The highest BCUT2D eigenvalue weighted by Gasteiger charge is 2.37. The van der Waals surface area contributed by atoms with E-state index in [2.05, 4.69) is 29.6 Å². The number of rotatable bonds is 4. The Morgan fingerprint density at radius 2 is 1.95 bits per heavy atom. The van der Waals surface area contributed by atoms with E-state index >= 15 is 0 Å². The second kappa shape index (κ2) is 4.60. The van der Waals surface area contributed by atoms with Gasteiger partial charge in [0, 0.05) is 12.1 Å². The summed E-state index contributed by atoms with van der Waals surface area (Å²) >= 11 is 0. The molecule has 1 aromatic rings. The fourth-order valence-electron chi connectivity index (χ4n) is 2.79. The van der Waals surface area contributed by atoms with Gasteiger partial charge in [-0.3, -0.25) is 0 Å². The van der Waals surface area contributed by atoms with Gasteiger partial charge in [-0.2, -0.15) is 0 Å². The van der Waals surface area contributed by atoms with Gasteiger partial charge in [-0.15, -0.1) is 0 Å². The van der Waals surface area contributed by atoms with Crippen LogP contribution in [0.25, 0.3) is 0 Å². The van der Waals surface area contributed by atoms with Crippen molar-refractivity contribution in [3.63, 3.8) is 0 Å². The Morgan fingerprint density at radius 3 is 2.47 bits per heavy atom. The normalized spacial score (nSPS) is 29.5. The maximum absolute atomic E-state index is 11.5. The average Bonchev–Trinajstić information content (AvgIpc) is 3.15. The van der Waals surface area contributed by atoms with E-state index in [0.717, 1.165) is 18.9 Å². The molecule has 1 aliphatic heterocycles. The van der Waals surface area contributed by atoms with Gasteiger partial charge in [-0.25, -0.2) is 8.42 Å². The molecule has 1 aromatic carbocycles. The lowest BCUT2D eigenvalue weighted by molar-refractivity contribution is 0.395. The van der Waals surface area contributed by atoms with Crippen LogP contribution in [-0.2, 0) is 16.4 Å². The highest BCUT2D eigenvalue weighted by atomic mass is 32.2. The summed E-state index contributed by atoms with van der Waals surface area (Å²) in [5.74, 6) is 1.37. The maximum atomic E-state index is 11.5. The van der Waals surface area contributed by atoms with Crippen molar-refractivity contribution in [1.82, 2.24) is 5.32 Å². The molecular formula is C15H21NO2S. The third-order valence-corrected chi connectivity index (χ3v) is 6.15. The Kier molecular flexibility index (Phi) is 3.18. The standard InChI is InChI=1S/C15H21NO2S/c1-15(8-9-19(17,18)11-15)16-10-12-2-4-13(5-3-12)14-6-7-14/h2-5,14,16H,6-11H2,1H3. The molecule has 2 aliphatic rings. The number of benzene rings is 1. The molecule has 0 spiro atoms. The highest BCUT2D eigenvalue weighted by molar-refractivity contribution is 7.91. The van der Waals surface area contributed by atoms with Gasteiger partial charge in [0.05, 0.1) is 11.5 Å². The van der Waals surface area contributed by atoms with Crippen LogP contribution in [0.5, 0.6) is 0 Å². The van der Waals surface area contributed by atoms with E-state index in [4.69, 9.17) is 0 Å². The summed E-state index contributed by atoms with van der Waals surface area (Å²) in [5.41, 5.74) is 2.42. The molecule has 0 bridgehead atoms. The van der Waals surface area contributed by atoms with Gasteiger partial charge in [0.2, 0.25) is 0 Å². The van der Waals surface area contributed by atoms with Crippen LogP contribution < -0.4 is 5.32 Å². The van der Waals surface area contributed by atoms with Crippen molar-refractivity contribution in [2.24, 2.45) is 0 Å². The monoisotopic (exact) mass is 279 g/mol. The minimum Gasteiger partial charge on any atom is -0.306 e. The van der Waals surface area contributed by atoms with Crippen LogP contribution in [-0.4, -0.2) is 25.5 Å². The first kappa shape index (κ1) is 13.1. The van der Waals surface area contributed by atoms with Crippen molar-refractivity contribution in [3.05, 3.63) is 35.4 Å². The predicted molar refractivity (Wildman–Crippen MR) is 76.9 cm³/mol. The Morgan fingerprint density at radius 1 is 1.26 bits per heavy atom. The molecule has 3 rings (SSSR count). The summed E-state index contributed by atoms with van der Waals surface area (Å²) in [4.78, 5) is 0. The summed E-state index contributed by atoms with van der Waals surface area (Å²) in [6.45, 7) is 2.76. The van der Waals surface area contributed by atoms with E-state index in [1.165, 1.54) is 24.0 Å². The number of hydrogen-bond acceptors (Lipinski definition) is 3. The van der Waals surface area contributed by atoms with Crippen molar-refractivity contribution in [3.8, 4) is 0 Å². The molecule has 1 atom stereocenters. The molecule has 19 heavy (non-hydrogen) atoms. The molecule has 0 aromatic heterocycles. The zero-order chi connectivity index (χ0) is 13.5. The first-order valence-electron chi connectivity index (χ1n) is 7.00. The van der Waals surface area contributed by atoms with Crippen LogP contribution in [0.1, 0.15) is 43.2 Å².